The standard InChI is InChI=1S/C19H27ClN2O3/c1-13(14-5-7-16(20)8-6-14)21-17(23)15-9-11-22(12-10-15)18(24)25-19(2,3)4/h5-8,13,15H,9-12H2,1-4H3,(H,21,23)/t13-/m0/s1. The van der Waals surface area contributed by atoms with Crippen LogP contribution in [0.25, 0.3) is 0 Å². The summed E-state index contributed by atoms with van der Waals surface area (Å²) in [5.41, 5.74) is 0.517. The molecule has 1 fully saturated rings. The fourth-order valence-electron chi connectivity index (χ4n) is 2.82. The molecule has 1 aliphatic heterocycles. The topological polar surface area (TPSA) is 58.6 Å². The highest BCUT2D eigenvalue weighted by molar-refractivity contribution is 6.30. The maximum absolute atomic E-state index is 12.5. The highest BCUT2D eigenvalue weighted by atomic mass is 35.5. The van der Waals surface area contributed by atoms with Crippen molar-refractivity contribution < 1.29 is 14.3 Å². The molecule has 0 bridgehead atoms. The van der Waals surface area contributed by atoms with Crippen LogP contribution >= 0.6 is 11.6 Å². The maximum atomic E-state index is 12.5. The van der Waals surface area contributed by atoms with E-state index in [1.807, 2.05) is 52.0 Å². The van der Waals surface area contributed by atoms with E-state index in [4.69, 9.17) is 16.3 Å². The van der Waals surface area contributed by atoms with E-state index in [1.54, 1.807) is 4.90 Å². The van der Waals surface area contributed by atoms with E-state index >= 15 is 0 Å². The average Bonchev–Trinajstić information content (AvgIpc) is 2.54. The molecule has 0 spiro atoms. The predicted octanol–water partition coefficient (Wildman–Crippen LogP) is 4.16. The molecule has 5 nitrogen and oxygen atoms in total. The van der Waals surface area contributed by atoms with Crippen LogP contribution in [0.1, 0.15) is 52.1 Å². The smallest absolute Gasteiger partial charge is 0.410 e. The summed E-state index contributed by atoms with van der Waals surface area (Å²) in [6.45, 7) is 8.59. The third-order valence-electron chi connectivity index (χ3n) is 4.25. The van der Waals surface area contributed by atoms with E-state index in [-0.39, 0.29) is 24.0 Å². The molecule has 1 aliphatic rings. The molecule has 25 heavy (non-hydrogen) atoms. The van der Waals surface area contributed by atoms with Gasteiger partial charge < -0.3 is 15.0 Å². The number of likely N-dealkylation sites (tertiary alicyclic amines) is 1. The van der Waals surface area contributed by atoms with E-state index < -0.39 is 5.60 Å². The summed E-state index contributed by atoms with van der Waals surface area (Å²) in [7, 11) is 0. The van der Waals surface area contributed by atoms with Crippen molar-refractivity contribution in [2.45, 2.75) is 52.2 Å². The third kappa shape index (κ3) is 5.92. The lowest BCUT2D eigenvalue weighted by molar-refractivity contribution is -0.127. The van der Waals surface area contributed by atoms with Crippen LogP contribution in [-0.4, -0.2) is 35.6 Å². The molecule has 1 saturated heterocycles. The summed E-state index contributed by atoms with van der Waals surface area (Å²) in [5.74, 6) is -0.0419. The average molecular weight is 367 g/mol. The second-order valence-electron chi connectivity index (χ2n) is 7.52. The number of hydrogen-bond acceptors (Lipinski definition) is 3. The molecule has 0 unspecified atom stereocenters. The van der Waals surface area contributed by atoms with Gasteiger partial charge in [-0.25, -0.2) is 4.79 Å². The monoisotopic (exact) mass is 366 g/mol. The fraction of sp³-hybridized carbons (Fsp3) is 0.579. The van der Waals surface area contributed by atoms with E-state index in [9.17, 15) is 9.59 Å². The summed E-state index contributed by atoms with van der Waals surface area (Å²) in [4.78, 5) is 26.2. The number of nitrogens with one attached hydrogen (secondary N) is 1. The van der Waals surface area contributed by atoms with Crippen LogP contribution in [0.2, 0.25) is 5.02 Å². The Morgan fingerprint density at radius 1 is 1.20 bits per heavy atom. The molecule has 0 saturated carbocycles. The molecule has 1 heterocycles. The molecule has 1 N–H and O–H groups in total. The second-order valence-corrected chi connectivity index (χ2v) is 7.96. The van der Waals surface area contributed by atoms with Crippen LogP contribution in [0.15, 0.2) is 24.3 Å². The molecular weight excluding hydrogens is 340 g/mol. The van der Waals surface area contributed by atoms with Gasteiger partial charge in [0, 0.05) is 24.0 Å². The van der Waals surface area contributed by atoms with Crippen molar-refractivity contribution in [1.82, 2.24) is 10.2 Å². The zero-order valence-electron chi connectivity index (χ0n) is 15.3. The zero-order valence-corrected chi connectivity index (χ0v) is 16.1. The Morgan fingerprint density at radius 2 is 1.76 bits per heavy atom. The largest absolute Gasteiger partial charge is 0.444 e. The van der Waals surface area contributed by atoms with E-state index in [1.165, 1.54) is 0 Å². The number of benzene rings is 1. The van der Waals surface area contributed by atoms with Gasteiger partial charge in [-0.15, -0.1) is 0 Å². The minimum atomic E-state index is -0.501. The summed E-state index contributed by atoms with van der Waals surface area (Å²) in [6, 6.07) is 7.39. The first-order valence-corrected chi connectivity index (χ1v) is 9.07. The lowest BCUT2D eigenvalue weighted by Gasteiger charge is -2.33. The second kappa shape index (κ2) is 8.09. The van der Waals surface area contributed by atoms with Gasteiger partial charge in [0.15, 0.2) is 0 Å². The van der Waals surface area contributed by atoms with Gasteiger partial charge >= 0.3 is 6.09 Å². The van der Waals surface area contributed by atoms with Gasteiger partial charge in [-0.05, 0) is 58.2 Å². The lowest BCUT2D eigenvalue weighted by Crippen LogP contribution is -2.45. The Labute approximate surface area is 154 Å². The van der Waals surface area contributed by atoms with Gasteiger partial charge in [-0.1, -0.05) is 23.7 Å². The minimum absolute atomic E-state index is 0.0336. The lowest BCUT2D eigenvalue weighted by atomic mass is 9.95. The summed E-state index contributed by atoms with van der Waals surface area (Å²) in [6.07, 6.45) is 0.998. The highest BCUT2D eigenvalue weighted by Gasteiger charge is 2.30. The summed E-state index contributed by atoms with van der Waals surface area (Å²) in [5, 5.41) is 3.73. The molecule has 1 aromatic rings. The van der Waals surface area contributed by atoms with Gasteiger partial charge in [-0.2, -0.15) is 0 Å². The molecule has 6 heteroatoms. The van der Waals surface area contributed by atoms with Gasteiger partial charge in [-0.3, -0.25) is 4.79 Å². The Balaban J connectivity index is 1.82. The van der Waals surface area contributed by atoms with Gasteiger partial charge in [0.25, 0.3) is 0 Å². The molecule has 2 rings (SSSR count). The SMILES string of the molecule is C[C@H](NC(=O)C1CCN(C(=O)OC(C)(C)C)CC1)c1ccc(Cl)cc1. The number of carbonyl (C=O) groups is 2. The van der Waals surface area contributed by atoms with Crippen LogP contribution in [0, 0.1) is 5.92 Å². The first-order chi connectivity index (χ1) is 11.7. The van der Waals surface area contributed by atoms with Crippen LogP contribution in [-0.2, 0) is 9.53 Å². The molecule has 1 aromatic carbocycles. The van der Waals surface area contributed by atoms with Gasteiger partial charge in [0.1, 0.15) is 5.60 Å². The number of carbonyl (C=O) groups excluding carboxylic acids is 2. The van der Waals surface area contributed by atoms with Crippen molar-refractivity contribution in [3.8, 4) is 0 Å². The Hall–Kier alpha value is -1.75. The number of rotatable bonds is 3. The van der Waals surface area contributed by atoms with Crippen LogP contribution in [0.5, 0.6) is 0 Å². The first kappa shape index (κ1) is 19.6. The number of ether oxygens (including phenoxy) is 1. The van der Waals surface area contributed by atoms with Gasteiger partial charge in [0.05, 0.1) is 6.04 Å². The van der Waals surface area contributed by atoms with E-state index in [2.05, 4.69) is 5.32 Å². The summed E-state index contributed by atoms with van der Waals surface area (Å²) < 4.78 is 5.38. The third-order valence-corrected chi connectivity index (χ3v) is 4.50. The van der Waals surface area contributed by atoms with Crippen LogP contribution < -0.4 is 5.32 Å². The molecule has 2 amide bonds. The van der Waals surface area contributed by atoms with Gasteiger partial charge in [0.2, 0.25) is 5.91 Å². The number of hydrogen-bond donors (Lipinski definition) is 1. The molecular formula is C19H27ClN2O3. The number of amides is 2. The molecule has 0 aromatic heterocycles. The number of piperidine rings is 1. The van der Waals surface area contributed by atoms with E-state index in [0.717, 1.165) is 5.56 Å². The summed E-state index contributed by atoms with van der Waals surface area (Å²) >= 11 is 5.89. The van der Waals surface area contributed by atoms with Crippen LogP contribution in [0.4, 0.5) is 4.79 Å². The van der Waals surface area contributed by atoms with Crippen molar-refractivity contribution in [3.63, 3.8) is 0 Å². The highest BCUT2D eigenvalue weighted by Crippen LogP contribution is 2.22. The molecule has 0 radical (unpaired) electrons. The van der Waals surface area contributed by atoms with Crippen LogP contribution in [0.3, 0.4) is 0 Å². The van der Waals surface area contributed by atoms with Crippen molar-refractivity contribution in [2.75, 3.05) is 13.1 Å². The molecule has 0 aliphatic carbocycles. The van der Waals surface area contributed by atoms with Crippen molar-refractivity contribution in [3.05, 3.63) is 34.9 Å². The quantitative estimate of drug-likeness (QED) is 0.873. The maximum Gasteiger partial charge on any atom is 0.410 e. The minimum Gasteiger partial charge on any atom is -0.444 e. The number of nitrogens with zero attached hydrogens (tertiary/aromatic N) is 1. The molecule has 1 atom stereocenters. The Kier molecular flexibility index (Phi) is 6.33. The number of halogens is 1. The Morgan fingerprint density at radius 3 is 2.28 bits per heavy atom. The van der Waals surface area contributed by atoms with Crippen molar-refractivity contribution in [2.24, 2.45) is 5.92 Å². The normalized spacial score (nSPS) is 17.1. The first-order valence-electron chi connectivity index (χ1n) is 8.69. The van der Waals surface area contributed by atoms with Crippen molar-refractivity contribution >= 4 is 23.6 Å². The van der Waals surface area contributed by atoms with E-state index in [0.29, 0.717) is 31.0 Å². The van der Waals surface area contributed by atoms with Crippen molar-refractivity contribution in [1.29, 1.82) is 0 Å². The molecule has 138 valence electrons. The Bertz CT molecular complexity index is 602. The fourth-order valence-corrected chi connectivity index (χ4v) is 2.94. The zero-order chi connectivity index (χ0) is 18.6. The predicted molar refractivity (Wildman–Crippen MR) is 98.5 cm³/mol.